The number of nitrogens with zero attached hydrogens (tertiary/aromatic N) is 4. The van der Waals surface area contributed by atoms with Gasteiger partial charge in [-0.3, -0.25) is 14.4 Å². The average Bonchev–Trinajstić information content (AvgIpc) is 3.18. The highest BCUT2D eigenvalue weighted by Crippen LogP contribution is 2.42. The minimum absolute atomic E-state index is 0.883. The standard InChI is InChI=1S/C31H28N4/c1-17-13-19(3)25(20(4)14-17)29-30(26-21(5)15-18(2)16-22(26)6)35-24-10-8-12-33-28(24)27-23(31(35)34-29)9-7-11-32-27/h7-16H,1-6H3. The highest BCUT2D eigenvalue weighted by atomic mass is 15.0. The van der Waals surface area contributed by atoms with Gasteiger partial charge in [0.25, 0.3) is 0 Å². The van der Waals surface area contributed by atoms with Gasteiger partial charge < -0.3 is 0 Å². The van der Waals surface area contributed by atoms with Gasteiger partial charge in [0.2, 0.25) is 0 Å². The van der Waals surface area contributed by atoms with Gasteiger partial charge in [-0.15, -0.1) is 0 Å². The van der Waals surface area contributed by atoms with Crippen LogP contribution in [0, 0.1) is 41.5 Å². The molecular weight excluding hydrogens is 428 g/mol. The number of benzene rings is 2. The van der Waals surface area contributed by atoms with E-state index in [2.05, 4.69) is 82.3 Å². The Morgan fingerprint density at radius 3 is 1.80 bits per heavy atom. The molecule has 35 heavy (non-hydrogen) atoms. The molecule has 0 saturated carbocycles. The lowest BCUT2D eigenvalue weighted by molar-refractivity contribution is 1.22. The summed E-state index contributed by atoms with van der Waals surface area (Å²) < 4.78 is 2.31. The Balaban J connectivity index is 1.92. The van der Waals surface area contributed by atoms with E-state index in [0.29, 0.717) is 0 Å². The van der Waals surface area contributed by atoms with Crippen LogP contribution in [0.25, 0.3) is 50.1 Å². The second kappa shape index (κ2) is 7.74. The van der Waals surface area contributed by atoms with E-state index in [4.69, 9.17) is 15.0 Å². The van der Waals surface area contributed by atoms with Crippen molar-refractivity contribution in [3.8, 4) is 22.5 Å². The fourth-order valence-corrected chi connectivity index (χ4v) is 5.88. The van der Waals surface area contributed by atoms with Crippen LogP contribution in [0.15, 0.2) is 60.9 Å². The summed E-state index contributed by atoms with van der Waals surface area (Å²) in [6, 6.07) is 17.3. The van der Waals surface area contributed by atoms with Crippen molar-refractivity contribution in [3.63, 3.8) is 0 Å². The van der Waals surface area contributed by atoms with E-state index < -0.39 is 0 Å². The van der Waals surface area contributed by atoms with Crippen LogP contribution in [0.5, 0.6) is 0 Å². The summed E-state index contributed by atoms with van der Waals surface area (Å²) in [5, 5.41) is 1.01. The Kier molecular flexibility index (Phi) is 4.75. The van der Waals surface area contributed by atoms with Crippen LogP contribution in [0.1, 0.15) is 33.4 Å². The third kappa shape index (κ3) is 3.17. The first-order chi connectivity index (χ1) is 16.8. The van der Waals surface area contributed by atoms with E-state index in [1.165, 1.54) is 44.5 Å². The van der Waals surface area contributed by atoms with Crippen LogP contribution in [-0.2, 0) is 0 Å². The number of pyridine rings is 3. The van der Waals surface area contributed by atoms with E-state index in [1.807, 2.05) is 24.5 Å². The summed E-state index contributed by atoms with van der Waals surface area (Å²) in [5.41, 5.74) is 15.8. The summed E-state index contributed by atoms with van der Waals surface area (Å²) in [6.45, 7) is 13.1. The lowest BCUT2D eigenvalue weighted by Crippen LogP contribution is -2.00. The largest absolute Gasteiger partial charge is 0.289 e. The van der Waals surface area contributed by atoms with Crippen molar-refractivity contribution in [1.29, 1.82) is 0 Å². The summed E-state index contributed by atoms with van der Waals surface area (Å²) in [7, 11) is 0. The van der Waals surface area contributed by atoms with Crippen molar-refractivity contribution in [2.45, 2.75) is 41.5 Å². The molecule has 0 bridgehead atoms. The van der Waals surface area contributed by atoms with Gasteiger partial charge in [-0.2, -0.15) is 0 Å². The first-order valence-electron chi connectivity index (χ1n) is 12.1. The maximum Gasteiger partial charge on any atom is 0.148 e. The highest BCUT2D eigenvalue weighted by Gasteiger charge is 2.25. The number of hydrogen-bond donors (Lipinski definition) is 0. The summed E-state index contributed by atoms with van der Waals surface area (Å²) in [6.07, 6.45) is 3.68. The van der Waals surface area contributed by atoms with Crippen molar-refractivity contribution < 1.29 is 0 Å². The molecule has 0 saturated heterocycles. The van der Waals surface area contributed by atoms with Gasteiger partial charge in [0.1, 0.15) is 16.7 Å². The molecule has 4 heterocycles. The van der Waals surface area contributed by atoms with Crippen LogP contribution >= 0.6 is 0 Å². The average molecular weight is 457 g/mol. The molecule has 0 radical (unpaired) electrons. The van der Waals surface area contributed by atoms with Crippen molar-refractivity contribution in [1.82, 2.24) is 19.4 Å². The predicted octanol–water partition coefficient (Wildman–Crippen LogP) is 7.62. The van der Waals surface area contributed by atoms with Gasteiger partial charge in [0, 0.05) is 28.9 Å². The molecule has 0 aliphatic carbocycles. The van der Waals surface area contributed by atoms with Gasteiger partial charge in [-0.1, -0.05) is 35.4 Å². The lowest BCUT2D eigenvalue weighted by Gasteiger charge is -2.17. The van der Waals surface area contributed by atoms with E-state index >= 15 is 0 Å². The third-order valence-electron chi connectivity index (χ3n) is 7.01. The van der Waals surface area contributed by atoms with Gasteiger partial charge in [0.05, 0.1) is 16.9 Å². The van der Waals surface area contributed by atoms with E-state index in [0.717, 1.165) is 39.0 Å². The minimum atomic E-state index is 0.883. The van der Waals surface area contributed by atoms with Gasteiger partial charge in [-0.05, 0) is 88.1 Å². The summed E-state index contributed by atoms with van der Waals surface area (Å²) in [4.78, 5) is 14.9. The van der Waals surface area contributed by atoms with Crippen LogP contribution < -0.4 is 0 Å². The normalized spacial score (nSPS) is 11.7. The Bertz CT molecular complexity index is 1760. The second-order valence-corrected chi connectivity index (χ2v) is 9.79. The highest BCUT2D eigenvalue weighted by molar-refractivity contribution is 6.10. The number of aromatic nitrogens is 4. The quantitative estimate of drug-likeness (QED) is 0.252. The van der Waals surface area contributed by atoms with E-state index in [9.17, 15) is 0 Å². The first-order valence-corrected chi connectivity index (χ1v) is 12.1. The topological polar surface area (TPSA) is 43.1 Å². The molecule has 4 heteroatoms. The van der Waals surface area contributed by atoms with E-state index in [1.54, 1.807) is 0 Å². The smallest absolute Gasteiger partial charge is 0.148 e. The SMILES string of the molecule is Cc1cc(C)c(-c2nc3c4cccnc4c4ncccc4n3c2-c2c(C)cc(C)cc2C)c(C)c1. The van der Waals surface area contributed by atoms with Crippen molar-refractivity contribution in [2.24, 2.45) is 0 Å². The molecule has 0 N–H and O–H groups in total. The Morgan fingerprint density at radius 1 is 0.629 bits per heavy atom. The Morgan fingerprint density at radius 2 is 1.17 bits per heavy atom. The number of rotatable bonds is 2. The number of aryl methyl sites for hydroxylation is 6. The molecule has 0 spiro atoms. The number of imidazole rings is 1. The fourth-order valence-electron chi connectivity index (χ4n) is 5.88. The molecule has 6 aromatic rings. The zero-order chi connectivity index (χ0) is 24.4. The monoisotopic (exact) mass is 456 g/mol. The van der Waals surface area contributed by atoms with Gasteiger partial charge in [-0.25, -0.2) is 4.98 Å². The van der Waals surface area contributed by atoms with Crippen LogP contribution in [-0.4, -0.2) is 19.4 Å². The molecular formula is C31H28N4. The molecule has 0 fully saturated rings. The molecule has 172 valence electrons. The summed E-state index contributed by atoms with van der Waals surface area (Å²) >= 11 is 0. The molecule has 4 nitrogen and oxygen atoms in total. The lowest BCUT2D eigenvalue weighted by atomic mass is 9.91. The molecule has 0 aliphatic heterocycles. The number of fused-ring (bicyclic) bond motifs is 6. The zero-order valence-corrected chi connectivity index (χ0v) is 21.1. The predicted molar refractivity (Wildman–Crippen MR) is 145 cm³/mol. The van der Waals surface area contributed by atoms with Crippen molar-refractivity contribution in [3.05, 3.63) is 94.3 Å². The molecule has 6 rings (SSSR count). The van der Waals surface area contributed by atoms with Gasteiger partial charge in [0.15, 0.2) is 0 Å². The third-order valence-corrected chi connectivity index (χ3v) is 7.01. The first kappa shape index (κ1) is 21.5. The minimum Gasteiger partial charge on any atom is -0.289 e. The maximum absolute atomic E-state index is 5.39. The Labute approximate surface area is 205 Å². The zero-order valence-electron chi connectivity index (χ0n) is 21.1. The van der Waals surface area contributed by atoms with Crippen LogP contribution in [0.4, 0.5) is 0 Å². The molecule has 0 aliphatic rings. The van der Waals surface area contributed by atoms with E-state index in [-0.39, 0.29) is 0 Å². The molecule has 4 aromatic heterocycles. The molecule has 2 aromatic carbocycles. The maximum atomic E-state index is 5.39. The number of hydrogen-bond acceptors (Lipinski definition) is 3. The summed E-state index contributed by atoms with van der Waals surface area (Å²) in [5.74, 6) is 0. The second-order valence-electron chi connectivity index (χ2n) is 9.79. The van der Waals surface area contributed by atoms with Crippen molar-refractivity contribution >= 4 is 27.6 Å². The molecule has 0 unspecified atom stereocenters. The fraction of sp³-hybridized carbons (Fsp3) is 0.194. The van der Waals surface area contributed by atoms with Crippen molar-refractivity contribution in [2.75, 3.05) is 0 Å². The molecule has 0 amide bonds. The van der Waals surface area contributed by atoms with Crippen LogP contribution in [0.2, 0.25) is 0 Å². The van der Waals surface area contributed by atoms with Crippen LogP contribution in [0.3, 0.4) is 0 Å². The Hall–Kier alpha value is -4.05. The molecule has 0 atom stereocenters. The van der Waals surface area contributed by atoms with Gasteiger partial charge >= 0.3 is 0 Å².